The Labute approximate surface area is 458 Å². The van der Waals surface area contributed by atoms with Gasteiger partial charge in [0, 0.05) is 59.7 Å². The molecule has 9 rings (SSSR count). The Balaban J connectivity index is 0.809. The summed E-state index contributed by atoms with van der Waals surface area (Å²) in [4.78, 5) is 13.6. The van der Waals surface area contributed by atoms with Gasteiger partial charge in [0.25, 0.3) is 0 Å². The van der Waals surface area contributed by atoms with Crippen LogP contribution < -0.4 is 0 Å². The van der Waals surface area contributed by atoms with E-state index in [9.17, 15) is 35.4 Å². The van der Waals surface area contributed by atoms with Crippen molar-refractivity contribution in [2.75, 3.05) is 28.4 Å². The van der Waals surface area contributed by atoms with Crippen LogP contribution in [-0.4, -0.2) is 205 Å². The van der Waals surface area contributed by atoms with E-state index in [0.717, 1.165) is 11.1 Å². The van der Waals surface area contributed by atoms with Crippen molar-refractivity contribution >= 4 is 12.0 Å². The summed E-state index contributed by atoms with van der Waals surface area (Å²) < 4.78 is 81.1. The van der Waals surface area contributed by atoms with Crippen LogP contribution in [-0.2, 0) is 66.4 Å². The fourth-order valence-corrected chi connectivity index (χ4v) is 15.2. The predicted octanol–water partition coefficient (Wildman–Crippen LogP) is 4.00. The van der Waals surface area contributed by atoms with Crippen LogP contribution >= 0.6 is 0 Å². The van der Waals surface area contributed by atoms with Gasteiger partial charge >= 0.3 is 5.97 Å². The smallest absolute Gasteiger partial charge is 0.331 e. The van der Waals surface area contributed by atoms with Crippen LogP contribution in [0.5, 0.6) is 0 Å². The number of ether oxygens (including phenoxy) is 13. The van der Waals surface area contributed by atoms with Crippen molar-refractivity contribution in [1.82, 2.24) is 0 Å². The first-order chi connectivity index (χ1) is 37.0. The molecule has 0 spiro atoms. The summed E-state index contributed by atoms with van der Waals surface area (Å²) in [5, 5.41) is 70.8. The summed E-state index contributed by atoms with van der Waals surface area (Å²) in [7, 11) is 6.25. The number of hydrogen-bond acceptors (Lipinski definition) is 20. The van der Waals surface area contributed by atoms with Crippen LogP contribution in [0, 0.1) is 16.7 Å². The van der Waals surface area contributed by atoms with Crippen LogP contribution in [0.25, 0.3) is 6.08 Å². The van der Waals surface area contributed by atoms with Gasteiger partial charge in [-0.05, 0) is 96.6 Å². The maximum absolute atomic E-state index is 13.6. The number of carbonyl (C=O) groups is 1. The largest absolute Gasteiger partial charge is 0.458 e. The number of aliphatic hydroxyl groups excluding tert-OH is 3. The quantitative estimate of drug-likeness (QED) is 0.0777. The normalized spacial score (nSPS) is 49.1. The molecule has 6 N–H and O–H groups in total. The highest BCUT2D eigenvalue weighted by molar-refractivity contribution is 5.87. The van der Waals surface area contributed by atoms with Crippen LogP contribution in [0.1, 0.15) is 118 Å². The molecule has 0 radical (unpaired) electrons. The molecule has 0 amide bonds. The molecule has 0 unspecified atom stereocenters. The molecular formula is C58H88O20. The van der Waals surface area contributed by atoms with Gasteiger partial charge in [0.2, 0.25) is 0 Å². The highest BCUT2D eigenvalue weighted by Crippen LogP contribution is 2.71. The monoisotopic (exact) mass is 1100 g/mol. The van der Waals surface area contributed by atoms with Gasteiger partial charge in [-0.2, -0.15) is 0 Å². The van der Waals surface area contributed by atoms with Crippen LogP contribution in [0.3, 0.4) is 0 Å². The Morgan fingerprint density at radius 2 is 1.23 bits per heavy atom. The molecule has 4 saturated heterocycles. The first-order valence-electron chi connectivity index (χ1n) is 28.2. The fraction of sp³-hybridized carbons (Fsp3) is 0.810. The maximum Gasteiger partial charge on any atom is 0.331 e. The molecule has 7 fully saturated rings. The molecule has 4 aliphatic carbocycles. The first kappa shape index (κ1) is 60.1. The van der Waals surface area contributed by atoms with E-state index in [2.05, 4.69) is 6.92 Å². The zero-order valence-electron chi connectivity index (χ0n) is 47.2. The van der Waals surface area contributed by atoms with Crippen molar-refractivity contribution in [2.24, 2.45) is 16.7 Å². The minimum Gasteiger partial charge on any atom is -0.458 e. The van der Waals surface area contributed by atoms with E-state index in [-0.39, 0.29) is 31.8 Å². The second kappa shape index (κ2) is 23.6. The number of aliphatic hydroxyl groups is 6. The maximum atomic E-state index is 13.6. The van der Waals surface area contributed by atoms with Crippen molar-refractivity contribution < 1.29 is 97.0 Å². The zero-order valence-corrected chi connectivity index (χ0v) is 47.2. The van der Waals surface area contributed by atoms with Crippen molar-refractivity contribution in [1.29, 1.82) is 0 Å². The summed E-state index contributed by atoms with van der Waals surface area (Å²) in [6, 6.07) is 9.34. The molecule has 1 aromatic carbocycles. The molecule has 440 valence electrons. The number of hydrogen-bond donors (Lipinski definition) is 6. The third-order valence-corrected chi connectivity index (χ3v) is 19.8. The summed E-state index contributed by atoms with van der Waals surface area (Å²) in [6.07, 6.45) is -5.94. The molecule has 4 heterocycles. The molecule has 20 nitrogen and oxygen atoms in total. The lowest BCUT2D eigenvalue weighted by Gasteiger charge is -2.67. The Morgan fingerprint density at radius 3 is 1.77 bits per heavy atom. The molecule has 3 saturated carbocycles. The van der Waals surface area contributed by atoms with Crippen molar-refractivity contribution in [3.05, 3.63) is 53.6 Å². The number of methoxy groups -OCH3 is 4. The molecule has 1 aromatic rings. The Kier molecular flexibility index (Phi) is 18.2. The van der Waals surface area contributed by atoms with Gasteiger partial charge in [0.15, 0.2) is 25.2 Å². The van der Waals surface area contributed by atoms with Crippen molar-refractivity contribution in [3.63, 3.8) is 0 Å². The predicted molar refractivity (Wildman–Crippen MR) is 278 cm³/mol. The number of esters is 1. The van der Waals surface area contributed by atoms with E-state index in [4.69, 9.17) is 61.6 Å². The Bertz CT molecular complexity index is 2250. The topological polar surface area (TPSA) is 258 Å². The van der Waals surface area contributed by atoms with Gasteiger partial charge in [-0.15, -0.1) is 0 Å². The minimum atomic E-state index is -1.92. The average Bonchev–Trinajstić information content (AvgIpc) is 3.72. The third kappa shape index (κ3) is 10.6. The lowest BCUT2D eigenvalue weighted by molar-refractivity contribution is -0.356. The van der Waals surface area contributed by atoms with E-state index < -0.39 is 156 Å². The van der Waals surface area contributed by atoms with Crippen LogP contribution in [0.15, 0.2) is 48.1 Å². The zero-order chi connectivity index (χ0) is 56.3. The number of rotatable bonds is 16. The first-order valence-corrected chi connectivity index (χ1v) is 28.2. The van der Waals surface area contributed by atoms with E-state index >= 15 is 0 Å². The standard InChI is InChI=1S/C58H88O20/c1-30-47(61)52(69-11)48(62)53(73-30)78-51-33(4)72-46(28-40(51)68-10)77-50-32(3)71-45(27-39(50)67-9)76-49-31(2)70-44(26-38(49)66-8)74-37-20-21-54(6)36(25-37)19-22-57(64)41(54)29-42(75-43(60)18-17-35-15-13-12-14-16-35)55(7)56(63,34(5)59)23-24-58(55,57)65/h12-19,30-34,37-42,44-53,59,61-65H,20-29H2,1-11H3/b18-17-/t30-,31-,32-,33-,34+,37+,38+,39+,40-,41-,42-,44+,45+,46+,47+,48-,49-,50-,51-,52+,53+,54+,55-,56+,57+,58-/m1/s1. The van der Waals surface area contributed by atoms with E-state index in [1.54, 1.807) is 41.3 Å². The molecular weight excluding hydrogens is 1020 g/mol. The second-order valence-electron chi connectivity index (χ2n) is 23.9. The lowest BCUT2D eigenvalue weighted by Crippen LogP contribution is -2.78. The Hall–Kier alpha value is -2.55. The van der Waals surface area contributed by atoms with Crippen molar-refractivity contribution in [3.8, 4) is 0 Å². The van der Waals surface area contributed by atoms with Gasteiger partial charge < -0.3 is 92.2 Å². The van der Waals surface area contributed by atoms with Gasteiger partial charge in [-0.3, -0.25) is 0 Å². The summed E-state index contributed by atoms with van der Waals surface area (Å²) in [5.74, 6) is -1.21. The molecule has 20 heteroatoms. The highest BCUT2D eigenvalue weighted by Gasteiger charge is 2.81. The van der Waals surface area contributed by atoms with Crippen LogP contribution in [0.4, 0.5) is 0 Å². The van der Waals surface area contributed by atoms with Crippen molar-refractivity contribution in [2.45, 2.75) is 252 Å². The van der Waals surface area contributed by atoms with E-state index in [0.29, 0.717) is 38.5 Å². The van der Waals surface area contributed by atoms with E-state index in [1.165, 1.54) is 20.1 Å². The van der Waals surface area contributed by atoms with Gasteiger partial charge in [0.05, 0.1) is 60.4 Å². The van der Waals surface area contributed by atoms with Gasteiger partial charge in [0.1, 0.15) is 59.5 Å². The molecule has 78 heavy (non-hydrogen) atoms. The summed E-state index contributed by atoms with van der Waals surface area (Å²) >= 11 is 0. The van der Waals surface area contributed by atoms with Gasteiger partial charge in [-0.25, -0.2) is 4.79 Å². The van der Waals surface area contributed by atoms with Crippen LogP contribution in [0.2, 0.25) is 0 Å². The molecule has 26 atom stereocenters. The number of fused-ring (bicyclic) bond motifs is 5. The summed E-state index contributed by atoms with van der Waals surface area (Å²) in [6.45, 7) is 12.6. The average molecular weight is 1110 g/mol. The number of carbonyl (C=O) groups excluding carboxylic acids is 1. The molecule has 0 bridgehead atoms. The number of benzene rings is 1. The van der Waals surface area contributed by atoms with Gasteiger partial charge in [-0.1, -0.05) is 55.8 Å². The third-order valence-electron chi connectivity index (χ3n) is 19.8. The molecule has 0 aromatic heterocycles. The lowest BCUT2D eigenvalue weighted by atomic mass is 9.42. The highest BCUT2D eigenvalue weighted by atomic mass is 16.8. The Morgan fingerprint density at radius 1 is 0.679 bits per heavy atom. The second-order valence-corrected chi connectivity index (χ2v) is 23.9. The minimum absolute atomic E-state index is 0.00562. The fourth-order valence-electron chi connectivity index (χ4n) is 15.2. The SMILES string of the molecule is CO[C@H]1[C@@H](O)[C@@H](C)O[C@@H](O[C@@H]2[C@@H](C)O[C@@H](O[C@H]3[C@@H](OC)C[C@H](O[C@H]4[C@@H](OC)C[C@H](O[C@H]5CC[C@@]6(C)C(=CC[C@]7(O)[C@@H]6C[C@@H](OC(=O)/C=C\c6ccccc6)[C@@]6(C)[C@]7(O)CC[C@]6(O)[C@H](C)O)C5)O[C@@H]4C)O[C@@H]3C)C[C@H]2OC)[C@@H]1O. The molecule has 4 aliphatic heterocycles. The van der Waals surface area contributed by atoms with E-state index in [1.807, 2.05) is 57.2 Å². The molecule has 8 aliphatic rings. The summed E-state index contributed by atoms with van der Waals surface area (Å²) in [5.41, 5.74) is -5.84.